The van der Waals surface area contributed by atoms with Crippen LogP contribution in [0, 0.1) is 0 Å². The van der Waals surface area contributed by atoms with Crippen LogP contribution in [0.3, 0.4) is 0 Å². The Balaban J connectivity index is 1.49. The van der Waals surface area contributed by atoms with Gasteiger partial charge in [-0.1, -0.05) is 12.1 Å². The molecule has 0 spiro atoms. The number of benzene rings is 1. The van der Waals surface area contributed by atoms with Crippen LogP contribution in [0.15, 0.2) is 36.5 Å². The first kappa shape index (κ1) is 16.5. The highest BCUT2D eigenvalue weighted by molar-refractivity contribution is 5.92. The zero-order valence-electron chi connectivity index (χ0n) is 14.2. The van der Waals surface area contributed by atoms with Gasteiger partial charge in [0.25, 0.3) is 5.91 Å². The number of aryl methyl sites for hydroxylation is 1. The molecule has 1 amide bonds. The smallest absolute Gasteiger partial charge is 0.269 e. The Kier molecular flexibility index (Phi) is 5.15. The summed E-state index contributed by atoms with van der Waals surface area (Å²) in [6, 6.07) is 9.64. The molecule has 1 aliphatic heterocycles. The second kappa shape index (κ2) is 7.49. The van der Waals surface area contributed by atoms with Gasteiger partial charge in [-0.25, -0.2) is 0 Å². The number of amides is 1. The number of ether oxygens (including phenoxy) is 1. The van der Waals surface area contributed by atoms with Crippen LogP contribution in [-0.2, 0) is 13.6 Å². The minimum absolute atomic E-state index is 0.123. The summed E-state index contributed by atoms with van der Waals surface area (Å²) >= 11 is 0. The summed E-state index contributed by atoms with van der Waals surface area (Å²) in [4.78, 5) is 14.4. The summed E-state index contributed by atoms with van der Waals surface area (Å²) in [6.07, 6.45) is 4.05. The normalized spacial score (nSPS) is 16.1. The van der Waals surface area contributed by atoms with E-state index >= 15 is 0 Å². The summed E-state index contributed by atoms with van der Waals surface area (Å²) < 4.78 is 7.60. The molecule has 0 bridgehead atoms. The van der Waals surface area contributed by atoms with Crippen LogP contribution in [0.1, 0.15) is 28.9 Å². The Morgan fingerprint density at radius 1 is 1.21 bits per heavy atom. The van der Waals surface area contributed by atoms with Crippen LogP contribution in [0.2, 0.25) is 0 Å². The van der Waals surface area contributed by atoms with Crippen molar-refractivity contribution in [2.75, 3.05) is 20.1 Å². The summed E-state index contributed by atoms with van der Waals surface area (Å²) in [7, 11) is 3.90. The molecule has 128 valence electrons. The molecule has 0 unspecified atom stereocenters. The van der Waals surface area contributed by atoms with Gasteiger partial charge >= 0.3 is 0 Å². The van der Waals surface area contributed by atoms with Crippen molar-refractivity contribution in [3.63, 3.8) is 0 Å². The van der Waals surface area contributed by atoms with E-state index in [1.165, 1.54) is 0 Å². The van der Waals surface area contributed by atoms with E-state index in [1.54, 1.807) is 24.0 Å². The van der Waals surface area contributed by atoms with E-state index in [2.05, 4.69) is 22.4 Å². The van der Waals surface area contributed by atoms with E-state index in [4.69, 9.17) is 4.74 Å². The van der Waals surface area contributed by atoms with Crippen molar-refractivity contribution in [1.82, 2.24) is 20.0 Å². The van der Waals surface area contributed by atoms with Crippen LogP contribution >= 0.6 is 0 Å². The summed E-state index contributed by atoms with van der Waals surface area (Å²) in [6.45, 7) is 2.66. The Labute approximate surface area is 142 Å². The van der Waals surface area contributed by atoms with Gasteiger partial charge in [0.15, 0.2) is 0 Å². The van der Waals surface area contributed by atoms with Crippen molar-refractivity contribution in [3.8, 4) is 5.75 Å². The minimum atomic E-state index is -0.123. The van der Waals surface area contributed by atoms with Gasteiger partial charge in [-0.05, 0) is 43.7 Å². The zero-order chi connectivity index (χ0) is 16.9. The molecular formula is C18H24N4O2. The van der Waals surface area contributed by atoms with Crippen molar-refractivity contribution in [2.24, 2.45) is 7.05 Å². The summed E-state index contributed by atoms with van der Waals surface area (Å²) in [5.74, 6) is 0.771. The number of carbonyl (C=O) groups is 1. The molecule has 1 aliphatic rings. The Morgan fingerprint density at radius 2 is 1.92 bits per heavy atom. The fourth-order valence-corrected chi connectivity index (χ4v) is 2.85. The number of aromatic nitrogens is 2. The molecule has 1 N–H and O–H groups in total. The van der Waals surface area contributed by atoms with Gasteiger partial charge < -0.3 is 15.0 Å². The van der Waals surface area contributed by atoms with Crippen LogP contribution in [0.5, 0.6) is 5.75 Å². The van der Waals surface area contributed by atoms with Gasteiger partial charge in [0.1, 0.15) is 17.5 Å². The standard InChI is InChI=1S/C18H24N4O2/c1-21-11-8-16(9-12-21)24-15-5-3-14(4-6-15)13-19-18(23)17-7-10-20-22(17)2/h3-7,10,16H,8-9,11-13H2,1-2H3,(H,19,23). The predicted octanol–water partition coefficient (Wildman–Crippen LogP) is 1.82. The maximum Gasteiger partial charge on any atom is 0.269 e. The number of piperidine rings is 1. The molecule has 3 rings (SSSR count). The fourth-order valence-electron chi connectivity index (χ4n) is 2.85. The molecule has 0 atom stereocenters. The molecule has 1 aromatic heterocycles. The van der Waals surface area contributed by atoms with Crippen LogP contribution in [-0.4, -0.2) is 46.8 Å². The lowest BCUT2D eigenvalue weighted by Gasteiger charge is -2.29. The SMILES string of the molecule is CN1CCC(Oc2ccc(CNC(=O)c3ccnn3C)cc2)CC1. The van der Waals surface area contributed by atoms with Gasteiger partial charge in [0, 0.05) is 32.9 Å². The number of hydrogen-bond donors (Lipinski definition) is 1. The lowest BCUT2D eigenvalue weighted by Crippen LogP contribution is -2.35. The molecule has 2 aromatic rings. The van der Waals surface area contributed by atoms with Crippen molar-refractivity contribution < 1.29 is 9.53 Å². The fraction of sp³-hybridized carbons (Fsp3) is 0.444. The lowest BCUT2D eigenvalue weighted by atomic mass is 10.1. The third-order valence-corrected chi connectivity index (χ3v) is 4.40. The molecule has 0 aliphatic carbocycles. The first-order valence-corrected chi connectivity index (χ1v) is 8.32. The number of nitrogens with one attached hydrogen (secondary N) is 1. The number of rotatable bonds is 5. The Morgan fingerprint density at radius 3 is 2.54 bits per heavy atom. The average Bonchev–Trinajstić information content (AvgIpc) is 3.02. The topological polar surface area (TPSA) is 59.4 Å². The van der Waals surface area contributed by atoms with E-state index < -0.39 is 0 Å². The number of likely N-dealkylation sites (tertiary alicyclic amines) is 1. The minimum Gasteiger partial charge on any atom is -0.490 e. The van der Waals surface area contributed by atoms with Gasteiger partial charge in [-0.3, -0.25) is 9.48 Å². The van der Waals surface area contributed by atoms with Crippen LogP contribution in [0.25, 0.3) is 0 Å². The van der Waals surface area contributed by atoms with Gasteiger partial charge in [0.2, 0.25) is 0 Å². The number of hydrogen-bond acceptors (Lipinski definition) is 4. The van der Waals surface area contributed by atoms with Crippen LogP contribution in [0.4, 0.5) is 0 Å². The second-order valence-corrected chi connectivity index (χ2v) is 6.29. The molecule has 1 aromatic carbocycles. The molecule has 0 saturated carbocycles. The predicted molar refractivity (Wildman–Crippen MR) is 92.0 cm³/mol. The van der Waals surface area contributed by atoms with E-state index in [9.17, 15) is 4.79 Å². The highest BCUT2D eigenvalue weighted by atomic mass is 16.5. The second-order valence-electron chi connectivity index (χ2n) is 6.29. The third-order valence-electron chi connectivity index (χ3n) is 4.40. The monoisotopic (exact) mass is 328 g/mol. The van der Waals surface area contributed by atoms with Gasteiger partial charge in [0.05, 0.1) is 0 Å². The van der Waals surface area contributed by atoms with E-state index in [0.29, 0.717) is 18.3 Å². The zero-order valence-corrected chi connectivity index (χ0v) is 14.2. The maximum atomic E-state index is 12.1. The first-order chi connectivity index (χ1) is 11.6. The highest BCUT2D eigenvalue weighted by Crippen LogP contribution is 2.19. The largest absolute Gasteiger partial charge is 0.490 e. The Bertz CT molecular complexity index is 673. The van der Waals surface area contributed by atoms with Crippen LogP contribution < -0.4 is 10.1 Å². The number of nitrogens with zero attached hydrogens (tertiary/aromatic N) is 3. The van der Waals surface area contributed by atoms with Crippen molar-refractivity contribution in [3.05, 3.63) is 47.8 Å². The first-order valence-electron chi connectivity index (χ1n) is 8.32. The molecular weight excluding hydrogens is 304 g/mol. The lowest BCUT2D eigenvalue weighted by molar-refractivity contribution is 0.0941. The highest BCUT2D eigenvalue weighted by Gasteiger charge is 2.17. The molecule has 1 saturated heterocycles. The molecule has 24 heavy (non-hydrogen) atoms. The van der Waals surface area contributed by atoms with Crippen molar-refractivity contribution in [2.45, 2.75) is 25.5 Å². The van der Waals surface area contributed by atoms with Gasteiger partial charge in [-0.15, -0.1) is 0 Å². The molecule has 6 heteroatoms. The van der Waals surface area contributed by atoms with E-state index in [1.807, 2.05) is 24.3 Å². The van der Waals surface area contributed by atoms with Gasteiger partial charge in [-0.2, -0.15) is 5.10 Å². The van der Waals surface area contributed by atoms with Crippen molar-refractivity contribution in [1.29, 1.82) is 0 Å². The summed E-state index contributed by atoms with van der Waals surface area (Å²) in [5.41, 5.74) is 1.60. The molecule has 1 fully saturated rings. The molecule has 0 radical (unpaired) electrons. The molecule has 6 nitrogen and oxygen atoms in total. The number of carbonyl (C=O) groups excluding carboxylic acids is 1. The third kappa shape index (κ3) is 4.14. The Hall–Kier alpha value is -2.34. The maximum absolute atomic E-state index is 12.1. The molecule has 2 heterocycles. The average molecular weight is 328 g/mol. The van der Waals surface area contributed by atoms with E-state index in [0.717, 1.165) is 37.2 Å². The quantitative estimate of drug-likeness (QED) is 0.910. The van der Waals surface area contributed by atoms with Crippen molar-refractivity contribution >= 4 is 5.91 Å². The summed E-state index contributed by atoms with van der Waals surface area (Å²) in [5, 5.41) is 6.90. The van der Waals surface area contributed by atoms with E-state index in [-0.39, 0.29) is 5.91 Å².